The number of carbonyl (C=O) groups is 1. The molecular weight excluding hydrogens is 380 g/mol. The van der Waals surface area contributed by atoms with E-state index in [4.69, 9.17) is 0 Å². The summed E-state index contributed by atoms with van der Waals surface area (Å²) in [6.07, 6.45) is 0.724. The molecule has 1 amide bonds. The number of benzene rings is 1. The van der Waals surface area contributed by atoms with E-state index in [0.29, 0.717) is 18.8 Å². The predicted molar refractivity (Wildman–Crippen MR) is 93.4 cm³/mol. The van der Waals surface area contributed by atoms with Gasteiger partial charge in [-0.2, -0.15) is 0 Å². The minimum absolute atomic E-state index is 0.0636. The molecule has 0 aromatic heterocycles. The molecular formula is C16H21BrN2O3S. The zero-order valence-corrected chi connectivity index (χ0v) is 15.6. The van der Waals surface area contributed by atoms with Gasteiger partial charge in [0.1, 0.15) is 0 Å². The second-order valence-electron chi connectivity index (χ2n) is 6.34. The third-order valence-corrected chi connectivity index (χ3v) is 6.99. The lowest BCUT2D eigenvalue weighted by molar-refractivity contribution is 0.0587. The Bertz CT molecular complexity index is 712. The maximum atomic E-state index is 12.7. The minimum Gasteiger partial charge on any atom is -0.336 e. The van der Waals surface area contributed by atoms with Crippen LogP contribution in [0.1, 0.15) is 22.3 Å². The molecule has 2 fully saturated rings. The van der Waals surface area contributed by atoms with Gasteiger partial charge in [-0.15, -0.1) is 0 Å². The van der Waals surface area contributed by atoms with Crippen LogP contribution in [0, 0.1) is 6.92 Å². The van der Waals surface area contributed by atoms with Gasteiger partial charge < -0.3 is 4.90 Å². The number of sulfone groups is 1. The van der Waals surface area contributed by atoms with Crippen LogP contribution < -0.4 is 0 Å². The molecule has 1 atom stereocenters. The van der Waals surface area contributed by atoms with Gasteiger partial charge in [0.25, 0.3) is 5.91 Å². The summed E-state index contributed by atoms with van der Waals surface area (Å²) < 4.78 is 24.2. The summed E-state index contributed by atoms with van der Waals surface area (Å²) in [5, 5.41) is 0. The number of amides is 1. The van der Waals surface area contributed by atoms with E-state index in [0.717, 1.165) is 35.1 Å². The van der Waals surface area contributed by atoms with Crippen molar-refractivity contribution in [3.63, 3.8) is 0 Å². The van der Waals surface area contributed by atoms with Crippen LogP contribution in [0.2, 0.25) is 0 Å². The first-order valence-corrected chi connectivity index (χ1v) is 10.5. The Morgan fingerprint density at radius 1 is 1.22 bits per heavy atom. The van der Waals surface area contributed by atoms with Crippen LogP contribution in [-0.2, 0) is 9.84 Å². The number of aryl methyl sites for hydroxylation is 1. The molecule has 0 N–H and O–H groups in total. The maximum absolute atomic E-state index is 12.7. The molecule has 0 radical (unpaired) electrons. The lowest BCUT2D eigenvalue weighted by atomic mass is 10.1. The zero-order chi connectivity index (χ0) is 16.6. The van der Waals surface area contributed by atoms with Gasteiger partial charge >= 0.3 is 0 Å². The number of rotatable bonds is 2. The van der Waals surface area contributed by atoms with Crippen molar-refractivity contribution in [2.45, 2.75) is 19.4 Å². The molecule has 5 nitrogen and oxygen atoms in total. The molecule has 7 heteroatoms. The predicted octanol–water partition coefficient (Wildman–Crippen LogP) is 1.70. The normalized spacial score (nSPS) is 24.8. The zero-order valence-electron chi connectivity index (χ0n) is 13.2. The van der Waals surface area contributed by atoms with Crippen molar-refractivity contribution in [3.05, 3.63) is 33.8 Å². The fourth-order valence-corrected chi connectivity index (χ4v) is 5.63. The molecule has 3 rings (SSSR count). The molecule has 2 aliphatic rings. The van der Waals surface area contributed by atoms with E-state index in [1.807, 2.05) is 30.0 Å². The van der Waals surface area contributed by atoms with Gasteiger partial charge in [0, 0.05) is 42.3 Å². The van der Waals surface area contributed by atoms with E-state index >= 15 is 0 Å². The molecule has 0 aliphatic carbocycles. The van der Waals surface area contributed by atoms with Crippen molar-refractivity contribution in [3.8, 4) is 0 Å². The van der Waals surface area contributed by atoms with Gasteiger partial charge in [-0.25, -0.2) is 8.42 Å². The number of carbonyl (C=O) groups excluding carboxylic acids is 1. The van der Waals surface area contributed by atoms with Crippen molar-refractivity contribution < 1.29 is 13.2 Å². The highest BCUT2D eigenvalue weighted by atomic mass is 79.9. The first kappa shape index (κ1) is 16.9. The van der Waals surface area contributed by atoms with Crippen molar-refractivity contribution in [2.24, 2.45) is 0 Å². The quantitative estimate of drug-likeness (QED) is 0.757. The summed E-state index contributed by atoms with van der Waals surface area (Å²) in [4.78, 5) is 16.8. The average molecular weight is 401 g/mol. The topological polar surface area (TPSA) is 57.7 Å². The lowest BCUT2D eigenvalue weighted by Crippen LogP contribution is -2.52. The van der Waals surface area contributed by atoms with Crippen molar-refractivity contribution in [1.29, 1.82) is 0 Å². The van der Waals surface area contributed by atoms with Crippen molar-refractivity contribution in [2.75, 3.05) is 37.7 Å². The van der Waals surface area contributed by atoms with Gasteiger partial charge in [0.05, 0.1) is 11.5 Å². The molecule has 1 aromatic rings. The SMILES string of the molecule is Cc1cc(Br)ccc1C(=O)N1CCN(C2CCS(=O)(=O)C2)CC1. The molecule has 23 heavy (non-hydrogen) atoms. The summed E-state index contributed by atoms with van der Waals surface area (Å²) in [6.45, 7) is 4.76. The molecule has 0 spiro atoms. The number of hydrogen-bond donors (Lipinski definition) is 0. The standard InChI is InChI=1S/C16H21BrN2O3S/c1-12-10-13(17)2-3-15(12)16(20)19-7-5-18(6-8-19)14-4-9-23(21,22)11-14/h2-3,10,14H,4-9,11H2,1H3. The Morgan fingerprint density at radius 3 is 2.48 bits per heavy atom. The van der Waals surface area contributed by atoms with E-state index < -0.39 is 9.84 Å². The van der Waals surface area contributed by atoms with E-state index in [-0.39, 0.29) is 17.7 Å². The third-order valence-electron chi connectivity index (χ3n) is 4.75. The largest absolute Gasteiger partial charge is 0.336 e. The molecule has 0 bridgehead atoms. The van der Waals surface area contributed by atoms with E-state index in [1.165, 1.54) is 0 Å². The van der Waals surface area contributed by atoms with Crippen molar-refractivity contribution in [1.82, 2.24) is 9.80 Å². The summed E-state index contributed by atoms with van der Waals surface area (Å²) in [5.41, 5.74) is 1.71. The molecule has 1 unspecified atom stereocenters. The maximum Gasteiger partial charge on any atom is 0.254 e. The van der Waals surface area contributed by atoms with Gasteiger partial charge in [0.15, 0.2) is 9.84 Å². The van der Waals surface area contributed by atoms with E-state index in [9.17, 15) is 13.2 Å². The Hall–Kier alpha value is -0.920. The van der Waals surface area contributed by atoms with Gasteiger partial charge in [-0.3, -0.25) is 9.69 Å². The fourth-order valence-electron chi connectivity index (χ4n) is 3.39. The van der Waals surface area contributed by atoms with Crippen LogP contribution in [-0.4, -0.2) is 67.9 Å². The molecule has 2 saturated heterocycles. The Kier molecular flexibility index (Phi) is 4.80. The second kappa shape index (κ2) is 6.53. The van der Waals surface area contributed by atoms with Gasteiger partial charge in [-0.1, -0.05) is 15.9 Å². The third kappa shape index (κ3) is 3.78. The van der Waals surface area contributed by atoms with Crippen LogP contribution in [0.5, 0.6) is 0 Å². The van der Waals surface area contributed by atoms with E-state index in [2.05, 4.69) is 20.8 Å². The number of hydrogen-bond acceptors (Lipinski definition) is 4. The first-order valence-electron chi connectivity index (χ1n) is 7.86. The van der Waals surface area contributed by atoms with E-state index in [1.54, 1.807) is 0 Å². The van der Waals surface area contributed by atoms with Crippen LogP contribution in [0.25, 0.3) is 0 Å². The molecule has 2 aliphatic heterocycles. The summed E-state index contributed by atoms with van der Waals surface area (Å²) in [5.74, 6) is 0.635. The van der Waals surface area contributed by atoms with Crippen LogP contribution in [0.4, 0.5) is 0 Å². The van der Waals surface area contributed by atoms with Crippen LogP contribution in [0.3, 0.4) is 0 Å². The van der Waals surface area contributed by atoms with Crippen molar-refractivity contribution >= 4 is 31.7 Å². The van der Waals surface area contributed by atoms with Gasteiger partial charge in [0.2, 0.25) is 0 Å². The number of halogens is 1. The fraction of sp³-hybridized carbons (Fsp3) is 0.562. The number of piperazine rings is 1. The van der Waals surface area contributed by atoms with Crippen LogP contribution >= 0.6 is 15.9 Å². The summed E-state index contributed by atoms with van der Waals surface area (Å²) in [6, 6.07) is 5.83. The lowest BCUT2D eigenvalue weighted by Gasteiger charge is -2.37. The second-order valence-corrected chi connectivity index (χ2v) is 9.49. The Labute approximate surface area is 145 Å². The highest BCUT2D eigenvalue weighted by molar-refractivity contribution is 9.10. The summed E-state index contributed by atoms with van der Waals surface area (Å²) >= 11 is 3.42. The minimum atomic E-state index is -2.85. The Morgan fingerprint density at radius 2 is 1.91 bits per heavy atom. The monoisotopic (exact) mass is 400 g/mol. The smallest absolute Gasteiger partial charge is 0.254 e. The molecule has 126 valence electrons. The number of nitrogens with zero attached hydrogens (tertiary/aromatic N) is 2. The highest BCUT2D eigenvalue weighted by Crippen LogP contribution is 2.21. The first-order chi connectivity index (χ1) is 10.9. The van der Waals surface area contributed by atoms with Crippen LogP contribution in [0.15, 0.2) is 22.7 Å². The molecule has 2 heterocycles. The highest BCUT2D eigenvalue weighted by Gasteiger charge is 2.34. The Balaban J connectivity index is 1.61. The van der Waals surface area contributed by atoms with Gasteiger partial charge in [-0.05, 0) is 37.1 Å². The summed E-state index contributed by atoms with van der Waals surface area (Å²) in [7, 11) is -2.85. The molecule has 1 aromatic carbocycles. The average Bonchev–Trinajstić information content (AvgIpc) is 2.87. The molecule has 0 saturated carbocycles.